The van der Waals surface area contributed by atoms with E-state index >= 15 is 0 Å². The minimum Gasteiger partial charge on any atom is -0.464 e. The minimum atomic E-state index is -1.23. The predicted octanol–water partition coefficient (Wildman–Crippen LogP) is 0.798. The Morgan fingerprint density at radius 3 is 1.91 bits per heavy atom. The average Bonchev–Trinajstić information content (AvgIpc) is 2.68. The fourth-order valence-corrected chi connectivity index (χ4v) is 3.58. The molecule has 2 rings (SSSR count). The molecule has 0 aliphatic carbocycles. The van der Waals surface area contributed by atoms with Crippen molar-refractivity contribution in [2.75, 3.05) is 13.2 Å². The van der Waals surface area contributed by atoms with Crippen LogP contribution in [-0.2, 0) is 49.3 Å². The van der Waals surface area contributed by atoms with Crippen LogP contribution in [0.1, 0.15) is 33.3 Å². The summed E-state index contributed by atoms with van der Waals surface area (Å²) in [5, 5.41) is 0. The molecular weight excluding hydrogens is 422 g/mol. The van der Waals surface area contributed by atoms with E-state index < -0.39 is 48.2 Å². The molecule has 0 radical (unpaired) electrons. The largest absolute Gasteiger partial charge is 0.464 e. The molecular formula is C22H27NO9. The summed E-state index contributed by atoms with van der Waals surface area (Å²) in [6.07, 6.45) is -3.50. The van der Waals surface area contributed by atoms with Crippen molar-refractivity contribution in [2.45, 2.75) is 58.5 Å². The topological polar surface area (TPSA) is 126 Å². The molecule has 1 fully saturated rings. The molecule has 0 saturated carbocycles. The first-order chi connectivity index (χ1) is 15.1. The second-order valence-electron chi connectivity index (χ2n) is 7.37. The summed E-state index contributed by atoms with van der Waals surface area (Å²) in [4.78, 5) is 61.3. The van der Waals surface area contributed by atoms with Gasteiger partial charge in [-0.05, 0) is 5.56 Å². The van der Waals surface area contributed by atoms with Gasteiger partial charge in [-0.15, -0.1) is 0 Å². The number of esters is 4. The molecule has 1 aliphatic heterocycles. The zero-order valence-corrected chi connectivity index (χ0v) is 18.4. The Kier molecular flexibility index (Phi) is 8.74. The lowest BCUT2D eigenvalue weighted by atomic mass is 9.92. The lowest BCUT2D eigenvalue weighted by Crippen LogP contribution is -2.66. The van der Waals surface area contributed by atoms with Gasteiger partial charge in [0.25, 0.3) is 0 Å². The Morgan fingerprint density at radius 1 is 0.812 bits per heavy atom. The van der Waals surface area contributed by atoms with Gasteiger partial charge in [0.15, 0.2) is 18.3 Å². The van der Waals surface area contributed by atoms with Crippen LogP contribution >= 0.6 is 0 Å². The van der Waals surface area contributed by atoms with Gasteiger partial charge in [0.1, 0.15) is 12.6 Å². The Balaban J connectivity index is 2.45. The fraction of sp³-hybridized carbons (Fsp3) is 0.500. The first-order valence-corrected chi connectivity index (χ1v) is 10.1. The van der Waals surface area contributed by atoms with E-state index in [1.165, 1.54) is 18.7 Å². The number of hydrogen-bond acceptors (Lipinski definition) is 9. The zero-order chi connectivity index (χ0) is 23.8. The van der Waals surface area contributed by atoms with Crippen LogP contribution in [0, 0.1) is 0 Å². The average molecular weight is 449 g/mol. The normalized spacial score (nSPS) is 22.4. The number of benzene rings is 1. The summed E-state index contributed by atoms with van der Waals surface area (Å²) in [5.74, 6) is -3.04. The number of piperidine rings is 1. The lowest BCUT2D eigenvalue weighted by molar-refractivity contribution is -0.208. The molecule has 1 aliphatic rings. The van der Waals surface area contributed by atoms with Crippen molar-refractivity contribution in [3.05, 3.63) is 35.9 Å². The number of likely N-dealkylation sites (tertiary alicyclic amines) is 1. The minimum absolute atomic E-state index is 0.00915. The van der Waals surface area contributed by atoms with Crippen molar-refractivity contribution < 1.29 is 42.9 Å². The molecule has 10 nitrogen and oxygen atoms in total. The molecule has 0 N–H and O–H groups in total. The van der Waals surface area contributed by atoms with E-state index in [4.69, 9.17) is 18.9 Å². The number of nitrogens with zero attached hydrogens (tertiary/aromatic N) is 1. The SMILES string of the molecule is CC(=O)OC[C@@H]1[C@@H](OC(C)=O)[C@H](OC(C)=O)[C@@H](OC(C)=O)CN1C(=O)Cc1ccccc1. The maximum atomic E-state index is 13.2. The van der Waals surface area contributed by atoms with E-state index in [9.17, 15) is 24.0 Å². The molecule has 174 valence electrons. The van der Waals surface area contributed by atoms with E-state index in [2.05, 4.69) is 0 Å². The maximum absolute atomic E-state index is 13.2. The summed E-state index contributed by atoms with van der Waals surface area (Å²) < 4.78 is 21.2. The molecule has 1 aromatic rings. The molecule has 0 aromatic heterocycles. The fourth-order valence-electron chi connectivity index (χ4n) is 3.58. The van der Waals surface area contributed by atoms with Gasteiger partial charge in [0, 0.05) is 27.7 Å². The second-order valence-corrected chi connectivity index (χ2v) is 7.37. The Hall–Kier alpha value is -3.43. The van der Waals surface area contributed by atoms with Crippen LogP contribution in [0.5, 0.6) is 0 Å². The van der Waals surface area contributed by atoms with E-state index in [1.54, 1.807) is 24.3 Å². The highest BCUT2D eigenvalue weighted by Crippen LogP contribution is 2.28. The first kappa shape index (κ1) is 24.8. The van der Waals surface area contributed by atoms with Gasteiger partial charge >= 0.3 is 23.9 Å². The summed E-state index contributed by atoms with van der Waals surface area (Å²) in [6, 6.07) is 7.98. The van der Waals surface area contributed by atoms with Crippen LogP contribution in [-0.4, -0.2) is 72.2 Å². The van der Waals surface area contributed by atoms with E-state index in [1.807, 2.05) is 6.07 Å². The third-order valence-corrected chi connectivity index (χ3v) is 4.74. The number of ether oxygens (including phenoxy) is 4. The van der Waals surface area contributed by atoms with Gasteiger partial charge in [-0.25, -0.2) is 0 Å². The third kappa shape index (κ3) is 7.07. The number of carbonyl (C=O) groups excluding carboxylic acids is 5. The van der Waals surface area contributed by atoms with Gasteiger partial charge in [0.05, 0.1) is 13.0 Å². The number of carbonyl (C=O) groups is 5. The van der Waals surface area contributed by atoms with Crippen molar-refractivity contribution >= 4 is 29.8 Å². The Bertz CT molecular complexity index is 854. The van der Waals surface area contributed by atoms with Crippen molar-refractivity contribution in [3.8, 4) is 0 Å². The summed E-state index contributed by atoms with van der Waals surface area (Å²) in [7, 11) is 0. The highest BCUT2D eigenvalue weighted by Gasteiger charge is 2.51. The number of rotatable bonds is 7. The summed E-state index contributed by atoms with van der Waals surface area (Å²) in [6.45, 7) is 4.23. The molecule has 32 heavy (non-hydrogen) atoms. The molecule has 0 unspecified atom stereocenters. The van der Waals surface area contributed by atoms with Crippen LogP contribution in [0.2, 0.25) is 0 Å². The van der Waals surface area contributed by atoms with Crippen molar-refractivity contribution in [3.63, 3.8) is 0 Å². The van der Waals surface area contributed by atoms with Crippen LogP contribution in [0.4, 0.5) is 0 Å². The Labute approximate surface area is 185 Å². The molecule has 1 saturated heterocycles. The van der Waals surface area contributed by atoms with Gasteiger partial charge in [-0.1, -0.05) is 30.3 Å². The van der Waals surface area contributed by atoms with Crippen LogP contribution < -0.4 is 0 Å². The highest BCUT2D eigenvalue weighted by molar-refractivity contribution is 5.80. The quantitative estimate of drug-likeness (QED) is 0.439. The number of hydrogen-bond donors (Lipinski definition) is 0. The molecule has 10 heteroatoms. The molecule has 1 heterocycles. The first-order valence-electron chi connectivity index (χ1n) is 10.1. The smallest absolute Gasteiger partial charge is 0.303 e. The summed E-state index contributed by atoms with van der Waals surface area (Å²) in [5.41, 5.74) is 0.735. The van der Waals surface area contributed by atoms with Crippen LogP contribution in [0.15, 0.2) is 30.3 Å². The van der Waals surface area contributed by atoms with E-state index in [-0.39, 0.29) is 25.5 Å². The lowest BCUT2D eigenvalue weighted by Gasteiger charge is -2.46. The molecule has 1 aromatic carbocycles. The highest BCUT2D eigenvalue weighted by atomic mass is 16.6. The monoisotopic (exact) mass is 449 g/mol. The molecule has 1 amide bonds. The van der Waals surface area contributed by atoms with Crippen molar-refractivity contribution in [2.24, 2.45) is 0 Å². The van der Waals surface area contributed by atoms with E-state index in [0.717, 1.165) is 19.4 Å². The van der Waals surface area contributed by atoms with Crippen molar-refractivity contribution in [1.82, 2.24) is 4.90 Å². The van der Waals surface area contributed by atoms with Crippen LogP contribution in [0.25, 0.3) is 0 Å². The van der Waals surface area contributed by atoms with Gasteiger partial charge in [-0.3, -0.25) is 24.0 Å². The van der Waals surface area contributed by atoms with E-state index in [0.29, 0.717) is 0 Å². The third-order valence-electron chi connectivity index (χ3n) is 4.74. The van der Waals surface area contributed by atoms with Gasteiger partial charge in [0.2, 0.25) is 5.91 Å². The standard InChI is InChI=1S/C22H27NO9/c1-13(24)29-12-18-21(31-15(3)26)22(32-16(4)27)19(30-14(2)25)11-23(18)20(28)10-17-8-6-5-7-9-17/h5-9,18-19,21-22H,10-12H2,1-4H3/t18-,19+,21-,22-/m1/s1. The predicted molar refractivity (Wildman–Crippen MR) is 109 cm³/mol. The Morgan fingerprint density at radius 2 is 1.38 bits per heavy atom. The molecule has 0 spiro atoms. The number of amides is 1. The van der Waals surface area contributed by atoms with Gasteiger partial charge in [-0.2, -0.15) is 0 Å². The van der Waals surface area contributed by atoms with Crippen LogP contribution in [0.3, 0.4) is 0 Å². The van der Waals surface area contributed by atoms with Crippen molar-refractivity contribution in [1.29, 1.82) is 0 Å². The molecule has 0 bridgehead atoms. The second kappa shape index (κ2) is 11.3. The summed E-state index contributed by atoms with van der Waals surface area (Å²) >= 11 is 0. The zero-order valence-electron chi connectivity index (χ0n) is 18.4. The molecule has 4 atom stereocenters. The van der Waals surface area contributed by atoms with Gasteiger partial charge < -0.3 is 23.8 Å². The maximum Gasteiger partial charge on any atom is 0.303 e.